The van der Waals surface area contributed by atoms with E-state index in [2.05, 4.69) is 0 Å². The van der Waals surface area contributed by atoms with Crippen molar-refractivity contribution in [3.05, 3.63) is 23.8 Å². The zero-order valence-corrected chi connectivity index (χ0v) is 10.6. The van der Waals surface area contributed by atoms with E-state index in [4.69, 9.17) is 10.5 Å². The maximum atomic E-state index is 13.9. The first-order chi connectivity index (χ1) is 8.52. The molecule has 0 spiro atoms. The minimum atomic E-state index is -0.611. The van der Waals surface area contributed by atoms with Crippen molar-refractivity contribution in [3.63, 3.8) is 0 Å². The zero-order valence-electron chi connectivity index (χ0n) is 10.6. The average Bonchev–Trinajstić information content (AvgIpc) is 2.28. The molecule has 2 rings (SSSR count). The van der Waals surface area contributed by atoms with Gasteiger partial charge in [-0.1, -0.05) is 6.92 Å². The van der Waals surface area contributed by atoms with Gasteiger partial charge in [-0.15, -0.1) is 0 Å². The molecule has 0 bridgehead atoms. The Hall–Kier alpha value is -1.36. The Morgan fingerprint density at radius 2 is 2.00 bits per heavy atom. The highest BCUT2D eigenvalue weighted by atomic mass is 19.1. The Morgan fingerprint density at radius 3 is 2.56 bits per heavy atom. The lowest BCUT2D eigenvalue weighted by Crippen LogP contribution is -2.49. The molecule has 5 heteroatoms. The van der Waals surface area contributed by atoms with Crippen LogP contribution in [0.5, 0.6) is 0 Å². The maximum Gasteiger partial charge on any atom is 0.151 e. The Labute approximate surface area is 106 Å². The first kappa shape index (κ1) is 13.1. The number of benzene rings is 1. The first-order valence-electron chi connectivity index (χ1n) is 6.15. The molecule has 18 heavy (non-hydrogen) atoms. The predicted octanol–water partition coefficient (Wildman–Crippen LogP) is 2.55. The SMILES string of the molecule is CCC1COC(C)CN1c1c(F)cc(N)cc1F. The van der Waals surface area contributed by atoms with E-state index in [0.717, 1.165) is 18.6 Å². The van der Waals surface area contributed by atoms with Gasteiger partial charge < -0.3 is 15.4 Å². The summed E-state index contributed by atoms with van der Waals surface area (Å²) >= 11 is 0. The molecular formula is C13H18F2N2O. The van der Waals surface area contributed by atoms with Crippen molar-refractivity contribution in [3.8, 4) is 0 Å². The molecule has 1 aromatic carbocycles. The number of hydrogen-bond acceptors (Lipinski definition) is 3. The smallest absolute Gasteiger partial charge is 0.151 e. The van der Waals surface area contributed by atoms with E-state index >= 15 is 0 Å². The summed E-state index contributed by atoms with van der Waals surface area (Å²) in [5, 5.41) is 0. The van der Waals surface area contributed by atoms with Crippen molar-refractivity contribution < 1.29 is 13.5 Å². The number of morpholine rings is 1. The van der Waals surface area contributed by atoms with E-state index in [0.29, 0.717) is 13.2 Å². The zero-order chi connectivity index (χ0) is 13.3. The maximum absolute atomic E-state index is 13.9. The van der Waals surface area contributed by atoms with Gasteiger partial charge in [0.05, 0.1) is 18.8 Å². The first-order valence-corrected chi connectivity index (χ1v) is 6.15. The van der Waals surface area contributed by atoms with Crippen molar-refractivity contribution in [1.29, 1.82) is 0 Å². The van der Waals surface area contributed by atoms with Gasteiger partial charge >= 0.3 is 0 Å². The molecule has 0 aliphatic carbocycles. The van der Waals surface area contributed by atoms with Crippen molar-refractivity contribution in [2.24, 2.45) is 0 Å². The van der Waals surface area contributed by atoms with E-state index in [1.807, 2.05) is 13.8 Å². The molecule has 1 aromatic rings. The van der Waals surface area contributed by atoms with Crippen LogP contribution < -0.4 is 10.6 Å². The summed E-state index contributed by atoms with van der Waals surface area (Å²) in [6.45, 7) is 4.84. The molecule has 3 nitrogen and oxygen atoms in total. The Kier molecular flexibility index (Phi) is 3.71. The fraction of sp³-hybridized carbons (Fsp3) is 0.538. The summed E-state index contributed by atoms with van der Waals surface area (Å²) in [5.74, 6) is -1.22. The van der Waals surface area contributed by atoms with Crippen molar-refractivity contribution in [2.45, 2.75) is 32.4 Å². The Balaban J connectivity index is 2.39. The van der Waals surface area contributed by atoms with Crippen molar-refractivity contribution in [1.82, 2.24) is 0 Å². The van der Waals surface area contributed by atoms with Gasteiger partial charge in [-0.25, -0.2) is 8.78 Å². The highest BCUT2D eigenvalue weighted by Gasteiger charge is 2.29. The van der Waals surface area contributed by atoms with Crippen LogP contribution in [-0.4, -0.2) is 25.3 Å². The van der Waals surface area contributed by atoms with Crippen LogP contribution in [0.15, 0.2) is 12.1 Å². The number of nitrogens with two attached hydrogens (primary N) is 1. The molecule has 1 aliphatic heterocycles. The van der Waals surface area contributed by atoms with Crippen molar-refractivity contribution >= 4 is 11.4 Å². The topological polar surface area (TPSA) is 38.5 Å². The molecule has 2 N–H and O–H groups in total. The minimum Gasteiger partial charge on any atom is -0.399 e. The molecule has 0 radical (unpaired) electrons. The molecule has 2 unspecified atom stereocenters. The monoisotopic (exact) mass is 256 g/mol. The standard InChI is InChI=1S/C13H18F2N2O/c1-3-10-7-18-8(2)6-17(10)13-11(14)4-9(16)5-12(13)15/h4-5,8,10H,3,6-7,16H2,1-2H3. The molecule has 1 fully saturated rings. The van der Waals surface area contributed by atoms with E-state index in [1.54, 1.807) is 4.90 Å². The normalized spacial score (nSPS) is 24.3. The lowest BCUT2D eigenvalue weighted by molar-refractivity contribution is 0.0294. The van der Waals surface area contributed by atoms with Gasteiger partial charge in [0.15, 0.2) is 11.6 Å². The van der Waals surface area contributed by atoms with Gasteiger partial charge in [0.2, 0.25) is 0 Å². The summed E-state index contributed by atoms with van der Waals surface area (Å²) in [7, 11) is 0. The highest BCUT2D eigenvalue weighted by Crippen LogP contribution is 2.30. The van der Waals surface area contributed by atoms with E-state index in [-0.39, 0.29) is 23.5 Å². The third kappa shape index (κ3) is 2.41. The summed E-state index contributed by atoms with van der Waals surface area (Å²) in [6.07, 6.45) is 0.736. The Morgan fingerprint density at radius 1 is 1.39 bits per heavy atom. The Bertz CT molecular complexity index is 416. The fourth-order valence-corrected chi connectivity index (χ4v) is 2.32. The molecule has 100 valence electrons. The average molecular weight is 256 g/mol. The van der Waals surface area contributed by atoms with E-state index < -0.39 is 11.6 Å². The van der Waals surface area contributed by atoms with Crippen LogP contribution in [0.25, 0.3) is 0 Å². The van der Waals surface area contributed by atoms with Crippen LogP contribution in [0.3, 0.4) is 0 Å². The second-order valence-electron chi connectivity index (χ2n) is 4.69. The number of nitrogen functional groups attached to an aromatic ring is 1. The van der Waals surface area contributed by atoms with Gasteiger partial charge in [-0.3, -0.25) is 0 Å². The lowest BCUT2D eigenvalue weighted by atomic mass is 10.1. The lowest BCUT2D eigenvalue weighted by Gasteiger charge is -2.40. The van der Waals surface area contributed by atoms with Crippen LogP contribution in [0.1, 0.15) is 20.3 Å². The van der Waals surface area contributed by atoms with E-state index in [9.17, 15) is 8.78 Å². The predicted molar refractivity (Wildman–Crippen MR) is 67.6 cm³/mol. The molecule has 2 atom stereocenters. The van der Waals surface area contributed by atoms with Crippen molar-refractivity contribution in [2.75, 3.05) is 23.8 Å². The third-order valence-corrected chi connectivity index (χ3v) is 3.27. The fourth-order valence-electron chi connectivity index (χ4n) is 2.32. The minimum absolute atomic E-state index is 0.00572. The number of halogens is 2. The number of nitrogens with zero attached hydrogens (tertiary/aromatic N) is 1. The van der Waals surface area contributed by atoms with E-state index in [1.165, 1.54) is 0 Å². The van der Waals surface area contributed by atoms with Gasteiger partial charge in [0.25, 0.3) is 0 Å². The second kappa shape index (κ2) is 5.10. The van der Waals surface area contributed by atoms with Crippen LogP contribution in [0.4, 0.5) is 20.2 Å². The summed E-state index contributed by atoms with van der Waals surface area (Å²) < 4.78 is 33.4. The highest BCUT2D eigenvalue weighted by molar-refractivity contribution is 5.56. The van der Waals surface area contributed by atoms with Gasteiger partial charge in [0, 0.05) is 12.2 Å². The summed E-state index contributed by atoms with van der Waals surface area (Å²) in [6, 6.07) is 2.31. The number of anilines is 2. The number of ether oxygens (including phenoxy) is 1. The number of rotatable bonds is 2. The van der Waals surface area contributed by atoms with Crippen LogP contribution >= 0.6 is 0 Å². The van der Waals surface area contributed by atoms with Crippen LogP contribution in [-0.2, 0) is 4.74 Å². The molecule has 1 aliphatic rings. The summed E-state index contributed by atoms with van der Waals surface area (Å²) in [5.41, 5.74) is 5.53. The molecule has 1 saturated heterocycles. The number of hydrogen-bond donors (Lipinski definition) is 1. The third-order valence-electron chi connectivity index (χ3n) is 3.27. The molecular weight excluding hydrogens is 238 g/mol. The largest absolute Gasteiger partial charge is 0.399 e. The van der Waals surface area contributed by atoms with Crippen LogP contribution in [0, 0.1) is 11.6 Å². The molecule has 0 amide bonds. The van der Waals surface area contributed by atoms with Gasteiger partial charge in [-0.2, -0.15) is 0 Å². The second-order valence-corrected chi connectivity index (χ2v) is 4.69. The van der Waals surface area contributed by atoms with Gasteiger partial charge in [0.1, 0.15) is 5.69 Å². The molecule has 1 heterocycles. The molecule has 0 saturated carbocycles. The van der Waals surface area contributed by atoms with Crippen LogP contribution in [0.2, 0.25) is 0 Å². The quantitative estimate of drug-likeness (QED) is 0.826. The van der Waals surface area contributed by atoms with Gasteiger partial charge in [-0.05, 0) is 25.5 Å². The summed E-state index contributed by atoms with van der Waals surface area (Å²) in [4.78, 5) is 1.75. The molecule has 0 aromatic heterocycles.